The fourth-order valence-electron chi connectivity index (χ4n) is 2.89. The Kier molecular flexibility index (Phi) is 7.77. The Morgan fingerprint density at radius 2 is 1.76 bits per heavy atom. The summed E-state index contributed by atoms with van der Waals surface area (Å²) in [4.78, 5) is 35.5. The van der Waals surface area contributed by atoms with E-state index in [4.69, 9.17) is 10.5 Å². The highest BCUT2D eigenvalue weighted by molar-refractivity contribution is 5.94. The van der Waals surface area contributed by atoms with Crippen LogP contribution in [0.15, 0.2) is 48.5 Å². The van der Waals surface area contributed by atoms with Crippen LogP contribution in [0, 0.1) is 5.92 Å². The fraction of sp³-hybridized carbons (Fsp3) is 0.318. The molecule has 0 aromatic heterocycles. The maximum atomic E-state index is 12.3. The Labute approximate surface area is 170 Å². The van der Waals surface area contributed by atoms with Gasteiger partial charge in [0.05, 0.1) is 11.6 Å². The SMILES string of the molecule is CCc1ccc([C@@H](NC(=O)COC(=O)c2cccc(NC(N)=O)c2)C(C)C)cc1. The normalized spacial score (nSPS) is 11.6. The zero-order chi connectivity index (χ0) is 21.4. The molecule has 0 aliphatic carbocycles. The Bertz CT molecular complexity index is 863. The summed E-state index contributed by atoms with van der Waals surface area (Å²) in [5.41, 5.74) is 7.87. The van der Waals surface area contributed by atoms with Crippen molar-refractivity contribution in [1.82, 2.24) is 5.32 Å². The topological polar surface area (TPSA) is 111 Å². The van der Waals surface area contributed by atoms with Crippen LogP contribution < -0.4 is 16.4 Å². The number of benzene rings is 2. The molecule has 2 rings (SSSR count). The predicted octanol–water partition coefficient (Wildman–Crippen LogP) is 3.41. The summed E-state index contributed by atoms with van der Waals surface area (Å²) < 4.78 is 5.11. The highest BCUT2D eigenvalue weighted by atomic mass is 16.5. The highest BCUT2D eigenvalue weighted by Crippen LogP contribution is 2.22. The van der Waals surface area contributed by atoms with Crippen molar-refractivity contribution < 1.29 is 19.1 Å². The number of hydrogen-bond acceptors (Lipinski definition) is 4. The van der Waals surface area contributed by atoms with Crippen LogP contribution in [0.25, 0.3) is 0 Å². The van der Waals surface area contributed by atoms with Crippen LogP contribution in [0.2, 0.25) is 0 Å². The van der Waals surface area contributed by atoms with E-state index in [2.05, 4.69) is 17.6 Å². The van der Waals surface area contributed by atoms with Gasteiger partial charge in [0, 0.05) is 5.69 Å². The van der Waals surface area contributed by atoms with Gasteiger partial charge in [0.15, 0.2) is 6.61 Å². The lowest BCUT2D eigenvalue weighted by Gasteiger charge is -2.23. The summed E-state index contributed by atoms with van der Waals surface area (Å²) in [5.74, 6) is -0.886. The number of anilines is 1. The van der Waals surface area contributed by atoms with Crippen molar-refractivity contribution in [1.29, 1.82) is 0 Å². The number of rotatable bonds is 8. The molecule has 0 radical (unpaired) electrons. The number of carbonyl (C=O) groups is 3. The zero-order valence-electron chi connectivity index (χ0n) is 16.9. The van der Waals surface area contributed by atoms with Gasteiger partial charge in [-0.25, -0.2) is 9.59 Å². The maximum Gasteiger partial charge on any atom is 0.338 e. The van der Waals surface area contributed by atoms with Gasteiger partial charge in [-0.1, -0.05) is 51.1 Å². The minimum Gasteiger partial charge on any atom is -0.452 e. The van der Waals surface area contributed by atoms with E-state index in [-0.39, 0.29) is 23.4 Å². The molecule has 0 saturated heterocycles. The van der Waals surface area contributed by atoms with E-state index < -0.39 is 18.6 Å². The summed E-state index contributed by atoms with van der Waals surface area (Å²) in [6.07, 6.45) is 0.950. The number of nitrogens with two attached hydrogens (primary N) is 1. The molecule has 0 saturated carbocycles. The number of aryl methyl sites for hydroxylation is 1. The van der Waals surface area contributed by atoms with Gasteiger partial charge < -0.3 is 21.1 Å². The molecule has 7 heteroatoms. The molecule has 0 aliphatic rings. The lowest BCUT2D eigenvalue weighted by molar-refractivity contribution is -0.125. The first kappa shape index (κ1) is 21.9. The van der Waals surface area contributed by atoms with E-state index in [1.54, 1.807) is 12.1 Å². The summed E-state index contributed by atoms with van der Waals surface area (Å²) in [5, 5.41) is 5.31. The second-order valence-corrected chi connectivity index (χ2v) is 7.03. The molecule has 154 valence electrons. The molecule has 0 heterocycles. The fourth-order valence-corrected chi connectivity index (χ4v) is 2.89. The molecule has 0 spiro atoms. The third kappa shape index (κ3) is 6.64. The van der Waals surface area contributed by atoms with Crippen molar-refractivity contribution in [3.05, 3.63) is 65.2 Å². The van der Waals surface area contributed by atoms with Crippen LogP contribution in [0.5, 0.6) is 0 Å². The van der Waals surface area contributed by atoms with E-state index >= 15 is 0 Å². The molecular weight excluding hydrogens is 370 g/mol. The number of nitrogens with one attached hydrogen (secondary N) is 2. The minimum atomic E-state index is -0.735. The molecule has 3 amide bonds. The lowest BCUT2D eigenvalue weighted by atomic mass is 9.95. The quantitative estimate of drug-likeness (QED) is 0.593. The summed E-state index contributed by atoms with van der Waals surface area (Å²) >= 11 is 0. The number of amides is 3. The van der Waals surface area contributed by atoms with Gasteiger partial charge in [-0.15, -0.1) is 0 Å². The van der Waals surface area contributed by atoms with Crippen molar-refractivity contribution in [2.75, 3.05) is 11.9 Å². The molecule has 0 unspecified atom stereocenters. The van der Waals surface area contributed by atoms with Crippen molar-refractivity contribution in [2.24, 2.45) is 11.7 Å². The molecule has 4 N–H and O–H groups in total. The number of urea groups is 1. The Morgan fingerprint density at radius 1 is 1.07 bits per heavy atom. The minimum absolute atomic E-state index is 0.165. The van der Waals surface area contributed by atoms with E-state index in [0.29, 0.717) is 5.69 Å². The van der Waals surface area contributed by atoms with E-state index in [1.807, 2.05) is 38.1 Å². The first-order valence-electron chi connectivity index (χ1n) is 9.52. The van der Waals surface area contributed by atoms with Crippen LogP contribution >= 0.6 is 0 Å². The first-order valence-corrected chi connectivity index (χ1v) is 9.52. The summed E-state index contributed by atoms with van der Waals surface area (Å²) in [6, 6.07) is 13.3. The lowest BCUT2D eigenvalue weighted by Crippen LogP contribution is -2.35. The average molecular weight is 397 g/mol. The molecule has 2 aromatic rings. The molecular formula is C22H27N3O4. The predicted molar refractivity (Wildman–Crippen MR) is 111 cm³/mol. The maximum absolute atomic E-state index is 12.3. The molecule has 0 bridgehead atoms. The molecule has 29 heavy (non-hydrogen) atoms. The van der Waals surface area contributed by atoms with E-state index in [1.165, 1.54) is 17.7 Å². The number of hydrogen-bond donors (Lipinski definition) is 3. The largest absolute Gasteiger partial charge is 0.452 e. The number of primary amides is 1. The second-order valence-electron chi connectivity index (χ2n) is 7.03. The molecule has 0 fully saturated rings. The standard InChI is InChI=1S/C22H27N3O4/c1-4-15-8-10-16(11-9-15)20(14(2)3)25-19(26)13-29-21(27)17-6-5-7-18(12-17)24-22(23)28/h5-12,14,20H,4,13H2,1-3H3,(H,25,26)(H3,23,24,28)/t20-/m0/s1. The van der Waals surface area contributed by atoms with Crippen molar-refractivity contribution in [3.8, 4) is 0 Å². The van der Waals surface area contributed by atoms with E-state index in [9.17, 15) is 14.4 Å². The monoisotopic (exact) mass is 397 g/mol. The Balaban J connectivity index is 1.96. The molecule has 0 aliphatic heterocycles. The Hall–Kier alpha value is -3.35. The average Bonchev–Trinajstić information content (AvgIpc) is 2.70. The second kappa shape index (κ2) is 10.3. The van der Waals surface area contributed by atoms with Crippen LogP contribution in [-0.2, 0) is 16.0 Å². The highest BCUT2D eigenvalue weighted by Gasteiger charge is 2.19. The first-order chi connectivity index (χ1) is 13.8. The number of esters is 1. The van der Waals surface area contributed by atoms with Crippen molar-refractivity contribution in [3.63, 3.8) is 0 Å². The molecule has 7 nitrogen and oxygen atoms in total. The Morgan fingerprint density at radius 3 is 2.34 bits per heavy atom. The van der Waals surface area contributed by atoms with Gasteiger partial charge in [0.2, 0.25) is 0 Å². The smallest absolute Gasteiger partial charge is 0.338 e. The third-order valence-electron chi connectivity index (χ3n) is 4.43. The van der Waals surface area contributed by atoms with Crippen LogP contribution in [0.4, 0.5) is 10.5 Å². The zero-order valence-corrected chi connectivity index (χ0v) is 16.9. The van der Waals surface area contributed by atoms with Crippen molar-refractivity contribution >= 4 is 23.6 Å². The summed E-state index contributed by atoms with van der Waals surface area (Å²) in [7, 11) is 0. The van der Waals surface area contributed by atoms with Crippen LogP contribution in [-0.4, -0.2) is 24.5 Å². The van der Waals surface area contributed by atoms with Gasteiger partial charge in [-0.2, -0.15) is 0 Å². The van der Waals surface area contributed by atoms with Crippen molar-refractivity contribution in [2.45, 2.75) is 33.2 Å². The van der Waals surface area contributed by atoms with Gasteiger partial charge in [0.25, 0.3) is 5.91 Å². The van der Waals surface area contributed by atoms with Gasteiger partial charge >= 0.3 is 12.0 Å². The van der Waals surface area contributed by atoms with E-state index in [0.717, 1.165) is 12.0 Å². The molecule has 1 atom stereocenters. The summed E-state index contributed by atoms with van der Waals surface area (Å²) in [6.45, 7) is 5.72. The number of carbonyl (C=O) groups excluding carboxylic acids is 3. The van der Waals surface area contributed by atoms with Gasteiger partial charge in [-0.3, -0.25) is 4.79 Å². The number of ether oxygens (including phenoxy) is 1. The van der Waals surface area contributed by atoms with Gasteiger partial charge in [-0.05, 0) is 41.7 Å². The third-order valence-corrected chi connectivity index (χ3v) is 4.43. The van der Waals surface area contributed by atoms with Gasteiger partial charge in [0.1, 0.15) is 0 Å². The van der Waals surface area contributed by atoms with Crippen LogP contribution in [0.3, 0.4) is 0 Å². The van der Waals surface area contributed by atoms with Crippen LogP contribution in [0.1, 0.15) is 48.3 Å². The molecule has 2 aromatic carbocycles.